The maximum Gasteiger partial charge on any atom is 0.334 e. The first-order valence-corrected chi connectivity index (χ1v) is 16.6. The summed E-state index contributed by atoms with van der Waals surface area (Å²) in [7, 11) is 0. The van der Waals surface area contributed by atoms with Gasteiger partial charge in [-0.25, -0.2) is 19.8 Å². The van der Waals surface area contributed by atoms with Crippen LogP contribution in [0.5, 0.6) is 0 Å². The van der Waals surface area contributed by atoms with Crippen LogP contribution in [0.25, 0.3) is 10.2 Å². The zero-order valence-electron chi connectivity index (χ0n) is 26.3. The molecule has 0 saturated carbocycles. The second kappa shape index (κ2) is 14.8. The van der Waals surface area contributed by atoms with Gasteiger partial charge in [-0.3, -0.25) is 14.4 Å². The predicted octanol–water partition coefficient (Wildman–Crippen LogP) is 2.76. The Kier molecular flexibility index (Phi) is 10.1. The van der Waals surface area contributed by atoms with Gasteiger partial charge < -0.3 is 25.5 Å². The molecule has 2 saturated heterocycles. The highest BCUT2D eigenvalue weighted by Crippen LogP contribution is 2.31. The Morgan fingerprint density at radius 1 is 1.00 bits per heavy atom. The van der Waals surface area contributed by atoms with Gasteiger partial charge in [-0.15, -0.1) is 17.9 Å². The number of rotatable bonds is 11. The molecule has 6 rings (SSSR count). The fourth-order valence-corrected chi connectivity index (χ4v) is 6.99. The van der Waals surface area contributed by atoms with Gasteiger partial charge in [-0.05, 0) is 34.9 Å². The third-order valence-corrected chi connectivity index (χ3v) is 9.31. The fourth-order valence-electron chi connectivity index (χ4n) is 6.26. The van der Waals surface area contributed by atoms with Gasteiger partial charge >= 0.3 is 6.03 Å². The lowest BCUT2D eigenvalue weighted by Gasteiger charge is -2.55. The average molecular weight is 668 g/mol. The van der Waals surface area contributed by atoms with E-state index in [0.29, 0.717) is 5.56 Å². The lowest BCUT2D eigenvalue weighted by Crippen LogP contribution is -2.76. The fraction of sp³-hybridized carbons (Fsp3) is 0.286. The molecular formula is C35H37N7O5S. The molecule has 4 aromatic rings. The molecule has 0 spiro atoms. The first kappa shape index (κ1) is 32.8. The summed E-state index contributed by atoms with van der Waals surface area (Å²) < 4.78 is 1.00. The minimum atomic E-state index is -0.907. The number of carbonyl (C=O) groups is 4. The summed E-state index contributed by atoms with van der Waals surface area (Å²) in [6, 6.07) is 20.9. The second-order valence-corrected chi connectivity index (χ2v) is 12.5. The molecule has 248 valence electrons. The number of urea groups is 1. The number of hydrazine groups is 1. The molecule has 5 amide bonds. The SMILES string of the molecule is C=CCN1CC(=O)N2[C@@H](Cc3ccc(C(=O)NCCO)cc3)C(=O)N(Cc3cccc4scnc34)C[C@@H]2N1C(=O)NCc1ccccc1. The summed E-state index contributed by atoms with van der Waals surface area (Å²) in [6.45, 7) is 4.60. The molecule has 0 bridgehead atoms. The topological polar surface area (TPSA) is 138 Å². The van der Waals surface area contributed by atoms with E-state index in [2.05, 4.69) is 22.2 Å². The zero-order chi connectivity index (χ0) is 33.6. The molecule has 3 N–H and O–H groups in total. The van der Waals surface area contributed by atoms with Crippen molar-refractivity contribution in [3.05, 3.63) is 113 Å². The molecule has 0 unspecified atom stereocenters. The predicted molar refractivity (Wildman–Crippen MR) is 181 cm³/mol. The van der Waals surface area contributed by atoms with Crippen LogP contribution in [-0.2, 0) is 29.1 Å². The highest BCUT2D eigenvalue weighted by Gasteiger charge is 2.51. The van der Waals surface area contributed by atoms with Crippen LogP contribution < -0.4 is 10.6 Å². The number of hydrogen-bond donors (Lipinski definition) is 3. The van der Waals surface area contributed by atoms with Crippen LogP contribution >= 0.6 is 11.3 Å². The smallest absolute Gasteiger partial charge is 0.334 e. The first-order valence-electron chi connectivity index (χ1n) is 15.7. The van der Waals surface area contributed by atoms with Gasteiger partial charge in [-0.1, -0.05) is 60.7 Å². The lowest BCUT2D eigenvalue weighted by atomic mass is 9.97. The second-order valence-electron chi connectivity index (χ2n) is 11.6. The highest BCUT2D eigenvalue weighted by atomic mass is 32.1. The average Bonchev–Trinajstić information content (AvgIpc) is 3.59. The van der Waals surface area contributed by atoms with Crippen molar-refractivity contribution in [1.82, 2.24) is 35.4 Å². The number of aliphatic hydroxyl groups excluding tert-OH is 1. The number of nitrogens with one attached hydrogen (secondary N) is 2. The molecule has 2 atom stereocenters. The first-order chi connectivity index (χ1) is 23.4. The summed E-state index contributed by atoms with van der Waals surface area (Å²) in [5.41, 5.74) is 5.54. The minimum absolute atomic E-state index is 0.0952. The number of para-hydroxylation sites is 1. The van der Waals surface area contributed by atoms with Gasteiger partial charge in [0.2, 0.25) is 11.8 Å². The van der Waals surface area contributed by atoms with Crippen LogP contribution in [-0.4, -0.2) is 98.7 Å². The highest BCUT2D eigenvalue weighted by molar-refractivity contribution is 7.16. The maximum atomic E-state index is 14.4. The van der Waals surface area contributed by atoms with Gasteiger partial charge in [0.15, 0.2) is 0 Å². The van der Waals surface area contributed by atoms with Gasteiger partial charge in [0.25, 0.3) is 5.91 Å². The molecule has 0 aliphatic carbocycles. The third kappa shape index (κ3) is 6.93. The molecule has 1 aromatic heterocycles. The van der Waals surface area contributed by atoms with E-state index in [1.165, 1.54) is 11.3 Å². The largest absolute Gasteiger partial charge is 0.395 e. The summed E-state index contributed by atoms with van der Waals surface area (Å²) in [4.78, 5) is 62.5. The van der Waals surface area contributed by atoms with Crippen LogP contribution in [0.3, 0.4) is 0 Å². The number of fused-ring (bicyclic) bond motifs is 2. The molecule has 2 fully saturated rings. The van der Waals surface area contributed by atoms with Crippen molar-refractivity contribution in [3.63, 3.8) is 0 Å². The number of thiazole rings is 1. The van der Waals surface area contributed by atoms with E-state index in [9.17, 15) is 19.2 Å². The Hall–Kier alpha value is -5.11. The normalized spacial score (nSPS) is 18.1. The van der Waals surface area contributed by atoms with Crippen LogP contribution in [0.2, 0.25) is 0 Å². The van der Waals surface area contributed by atoms with Gasteiger partial charge in [-0.2, -0.15) is 0 Å². The van der Waals surface area contributed by atoms with Crippen LogP contribution in [0.15, 0.2) is 91.0 Å². The van der Waals surface area contributed by atoms with Gasteiger partial charge in [0.05, 0.1) is 35.4 Å². The van der Waals surface area contributed by atoms with Gasteiger partial charge in [0.1, 0.15) is 12.2 Å². The number of aliphatic hydroxyl groups is 1. The quantitative estimate of drug-likeness (QED) is 0.209. The molecule has 2 aliphatic rings. The van der Waals surface area contributed by atoms with E-state index >= 15 is 0 Å². The number of benzene rings is 3. The monoisotopic (exact) mass is 667 g/mol. The number of carbonyl (C=O) groups excluding carboxylic acids is 4. The Bertz CT molecular complexity index is 1800. The molecule has 0 radical (unpaired) electrons. The van der Waals surface area contributed by atoms with Gasteiger partial charge in [0, 0.05) is 38.2 Å². The third-order valence-electron chi connectivity index (χ3n) is 8.51. The van der Waals surface area contributed by atoms with Crippen molar-refractivity contribution in [2.75, 3.05) is 32.8 Å². The number of piperazine rings is 1. The zero-order valence-corrected chi connectivity index (χ0v) is 27.1. The molecule has 48 heavy (non-hydrogen) atoms. The number of hydrogen-bond acceptors (Lipinski definition) is 8. The van der Waals surface area contributed by atoms with Crippen LogP contribution in [0, 0.1) is 0 Å². The Morgan fingerprint density at radius 2 is 1.79 bits per heavy atom. The summed E-state index contributed by atoms with van der Waals surface area (Å²) in [5.74, 6) is -0.829. The number of nitrogens with zero attached hydrogens (tertiary/aromatic N) is 5. The molecule has 3 aromatic carbocycles. The number of amides is 5. The van der Waals surface area contributed by atoms with E-state index in [1.54, 1.807) is 55.7 Å². The Morgan fingerprint density at radius 3 is 2.54 bits per heavy atom. The summed E-state index contributed by atoms with van der Waals surface area (Å²) in [6.07, 6.45) is 1.03. The van der Waals surface area contributed by atoms with Crippen molar-refractivity contribution >= 4 is 45.3 Å². The molecular weight excluding hydrogens is 630 g/mol. The van der Waals surface area contributed by atoms with E-state index in [4.69, 9.17) is 5.11 Å². The van der Waals surface area contributed by atoms with Crippen molar-refractivity contribution in [2.24, 2.45) is 0 Å². The van der Waals surface area contributed by atoms with E-state index in [0.717, 1.165) is 26.9 Å². The lowest BCUT2D eigenvalue weighted by molar-refractivity contribution is -0.189. The van der Waals surface area contributed by atoms with Crippen molar-refractivity contribution < 1.29 is 24.3 Å². The summed E-state index contributed by atoms with van der Waals surface area (Å²) >= 11 is 1.52. The maximum absolute atomic E-state index is 14.4. The molecule has 2 aliphatic heterocycles. The molecule has 12 nitrogen and oxygen atoms in total. The van der Waals surface area contributed by atoms with Crippen molar-refractivity contribution in [2.45, 2.75) is 31.7 Å². The van der Waals surface area contributed by atoms with Crippen molar-refractivity contribution in [3.8, 4) is 0 Å². The van der Waals surface area contributed by atoms with E-state index in [-0.39, 0.29) is 70.0 Å². The van der Waals surface area contributed by atoms with Crippen molar-refractivity contribution in [1.29, 1.82) is 0 Å². The standard InChI is InChI=1S/C35H37N7O5S/c1-2-16-40-22-31(44)41-28(18-24-11-13-26(14-12-24)33(45)36-15-17-43)34(46)39(20-27-9-6-10-29-32(27)38-23-48-29)21-30(41)42(40)35(47)37-19-25-7-4-3-5-8-25/h2-14,23,28,30,43H,1,15-22H2,(H,36,45)(H,37,47)/t28-,30-/m0/s1. The Balaban J connectivity index is 1.33. The molecule has 3 heterocycles. The number of aromatic nitrogens is 1. The Labute approximate surface area is 282 Å². The minimum Gasteiger partial charge on any atom is -0.395 e. The van der Waals surface area contributed by atoms with Crippen LogP contribution in [0.4, 0.5) is 4.79 Å². The van der Waals surface area contributed by atoms with Crippen LogP contribution in [0.1, 0.15) is 27.0 Å². The summed E-state index contributed by atoms with van der Waals surface area (Å²) in [5, 5.41) is 17.9. The van der Waals surface area contributed by atoms with E-state index < -0.39 is 18.2 Å². The van der Waals surface area contributed by atoms with E-state index in [1.807, 2.05) is 48.5 Å². The molecule has 13 heteroatoms.